The third-order valence-electron chi connectivity index (χ3n) is 4.69. The summed E-state index contributed by atoms with van der Waals surface area (Å²) in [6.45, 7) is 1.52. The molecule has 24 heavy (non-hydrogen) atoms. The molecule has 1 aliphatic rings. The van der Waals surface area contributed by atoms with Crippen molar-refractivity contribution >= 4 is 16.7 Å². The summed E-state index contributed by atoms with van der Waals surface area (Å²) in [6, 6.07) is 14.1. The largest absolute Gasteiger partial charge is 0.338 e. The lowest BCUT2D eigenvalue weighted by Gasteiger charge is -2.32. The number of hydrogen-bond donors (Lipinski definition) is 0. The van der Waals surface area contributed by atoms with E-state index in [1.54, 1.807) is 18.5 Å². The highest BCUT2D eigenvalue weighted by Gasteiger charge is 2.26. The molecule has 4 nitrogen and oxygen atoms in total. The minimum absolute atomic E-state index is 0.0635. The number of carbonyl (C=O) groups excluding carboxylic acids is 1. The Bertz CT molecular complexity index is 863. The smallest absolute Gasteiger partial charge is 0.255 e. The van der Waals surface area contributed by atoms with Crippen molar-refractivity contribution in [3.63, 3.8) is 0 Å². The summed E-state index contributed by atoms with van der Waals surface area (Å²) in [5.74, 6) is 0.359. The predicted octanol–water partition coefficient (Wildman–Crippen LogP) is 3.65. The van der Waals surface area contributed by atoms with Gasteiger partial charge in [0.05, 0.1) is 5.56 Å². The molecule has 1 fully saturated rings. The van der Waals surface area contributed by atoms with Gasteiger partial charge in [-0.2, -0.15) is 0 Å². The van der Waals surface area contributed by atoms with Crippen molar-refractivity contribution < 1.29 is 4.79 Å². The average Bonchev–Trinajstić information content (AvgIpc) is 2.68. The lowest BCUT2D eigenvalue weighted by atomic mass is 9.93. The fourth-order valence-electron chi connectivity index (χ4n) is 3.40. The first-order valence-corrected chi connectivity index (χ1v) is 8.35. The third kappa shape index (κ3) is 2.87. The van der Waals surface area contributed by atoms with E-state index in [2.05, 4.69) is 28.2 Å². The zero-order valence-corrected chi connectivity index (χ0v) is 13.4. The number of nitrogens with zero attached hydrogens (tertiary/aromatic N) is 3. The monoisotopic (exact) mass is 317 g/mol. The normalized spacial score (nSPS) is 17.8. The van der Waals surface area contributed by atoms with Gasteiger partial charge >= 0.3 is 0 Å². The van der Waals surface area contributed by atoms with Crippen molar-refractivity contribution in [2.75, 3.05) is 13.1 Å². The topological polar surface area (TPSA) is 46.1 Å². The van der Waals surface area contributed by atoms with Gasteiger partial charge in [0.15, 0.2) is 0 Å². The second-order valence-corrected chi connectivity index (χ2v) is 6.29. The molecule has 0 aliphatic carbocycles. The Kier molecular flexibility index (Phi) is 3.95. The standard InChI is InChI=1S/C20H19N3O/c24-20(17-7-3-9-21-12-17)23-10-4-8-18(14-23)19-11-15-5-1-2-6-16(15)13-22-19/h1-3,5-7,9,11-13,18H,4,8,10,14H2/t18-/m0/s1. The van der Waals surface area contributed by atoms with Gasteiger partial charge in [-0.15, -0.1) is 0 Å². The highest BCUT2D eigenvalue weighted by molar-refractivity contribution is 5.94. The number of rotatable bonds is 2. The van der Waals surface area contributed by atoms with Crippen LogP contribution in [0.4, 0.5) is 0 Å². The van der Waals surface area contributed by atoms with E-state index in [0.29, 0.717) is 11.5 Å². The van der Waals surface area contributed by atoms with Crippen molar-refractivity contribution in [2.45, 2.75) is 18.8 Å². The number of likely N-dealkylation sites (tertiary alicyclic amines) is 1. The first-order chi connectivity index (χ1) is 11.8. The van der Waals surface area contributed by atoms with Crippen molar-refractivity contribution in [1.82, 2.24) is 14.9 Å². The summed E-state index contributed by atoms with van der Waals surface area (Å²) in [5.41, 5.74) is 1.74. The van der Waals surface area contributed by atoms with Crippen molar-refractivity contribution in [3.05, 3.63) is 72.3 Å². The number of carbonyl (C=O) groups is 1. The lowest BCUT2D eigenvalue weighted by Crippen LogP contribution is -2.39. The fourth-order valence-corrected chi connectivity index (χ4v) is 3.40. The zero-order chi connectivity index (χ0) is 16.4. The number of pyridine rings is 2. The van der Waals surface area contributed by atoms with Crippen LogP contribution < -0.4 is 0 Å². The Morgan fingerprint density at radius 1 is 1.08 bits per heavy atom. The molecule has 2 aromatic heterocycles. The first kappa shape index (κ1) is 14.8. The summed E-state index contributed by atoms with van der Waals surface area (Å²) >= 11 is 0. The van der Waals surface area contributed by atoms with Crippen LogP contribution in [0.1, 0.15) is 34.8 Å². The van der Waals surface area contributed by atoms with Crippen LogP contribution in [0.15, 0.2) is 61.1 Å². The Morgan fingerprint density at radius 2 is 1.96 bits per heavy atom. The summed E-state index contributed by atoms with van der Waals surface area (Å²) in [6.07, 6.45) is 7.34. The van der Waals surface area contributed by atoms with Crippen LogP contribution >= 0.6 is 0 Å². The van der Waals surface area contributed by atoms with Crippen molar-refractivity contribution in [3.8, 4) is 0 Å². The molecular formula is C20H19N3O. The van der Waals surface area contributed by atoms with Gasteiger partial charge in [0.2, 0.25) is 0 Å². The number of hydrogen-bond acceptors (Lipinski definition) is 3. The third-order valence-corrected chi connectivity index (χ3v) is 4.69. The quantitative estimate of drug-likeness (QED) is 0.725. The van der Waals surface area contributed by atoms with Gasteiger partial charge in [0, 0.05) is 48.7 Å². The number of fused-ring (bicyclic) bond motifs is 1. The van der Waals surface area contributed by atoms with Gasteiger partial charge in [-0.25, -0.2) is 0 Å². The molecule has 0 unspecified atom stereocenters. The second kappa shape index (κ2) is 6.40. The van der Waals surface area contributed by atoms with E-state index in [0.717, 1.165) is 37.0 Å². The first-order valence-electron chi connectivity index (χ1n) is 8.35. The summed E-state index contributed by atoms with van der Waals surface area (Å²) in [4.78, 5) is 23.3. The van der Waals surface area contributed by atoms with Crippen LogP contribution in [0.2, 0.25) is 0 Å². The van der Waals surface area contributed by atoms with Gasteiger partial charge in [-0.1, -0.05) is 24.3 Å². The molecule has 0 N–H and O–H groups in total. The maximum atomic E-state index is 12.7. The summed E-state index contributed by atoms with van der Waals surface area (Å²) in [5, 5.41) is 2.36. The molecular weight excluding hydrogens is 298 g/mol. The molecule has 0 saturated carbocycles. The molecule has 0 radical (unpaired) electrons. The van der Waals surface area contributed by atoms with Crippen LogP contribution in [0.5, 0.6) is 0 Å². The Labute approximate surface area is 141 Å². The average molecular weight is 317 g/mol. The molecule has 1 aliphatic heterocycles. The molecule has 0 spiro atoms. The molecule has 3 heterocycles. The SMILES string of the molecule is O=C(c1cccnc1)N1CCC[C@H](c2cc3ccccc3cn2)C1. The molecule has 4 rings (SSSR count). The molecule has 3 aromatic rings. The zero-order valence-electron chi connectivity index (χ0n) is 13.4. The van der Waals surface area contributed by atoms with Gasteiger partial charge in [0.25, 0.3) is 5.91 Å². The van der Waals surface area contributed by atoms with Crippen LogP contribution in [0.3, 0.4) is 0 Å². The van der Waals surface area contributed by atoms with E-state index in [-0.39, 0.29) is 5.91 Å². The number of benzene rings is 1. The molecule has 4 heteroatoms. The maximum absolute atomic E-state index is 12.7. The van der Waals surface area contributed by atoms with Gasteiger partial charge in [-0.05, 0) is 36.4 Å². The predicted molar refractivity (Wildman–Crippen MR) is 93.9 cm³/mol. The number of piperidine rings is 1. The minimum atomic E-state index is 0.0635. The summed E-state index contributed by atoms with van der Waals surface area (Å²) in [7, 11) is 0. The van der Waals surface area contributed by atoms with Crippen LogP contribution in [0.25, 0.3) is 10.8 Å². The lowest BCUT2D eigenvalue weighted by molar-refractivity contribution is 0.0705. The molecule has 1 saturated heterocycles. The van der Waals surface area contributed by atoms with E-state index in [9.17, 15) is 4.79 Å². The van der Waals surface area contributed by atoms with E-state index in [4.69, 9.17) is 0 Å². The molecule has 1 atom stereocenters. The molecule has 120 valence electrons. The van der Waals surface area contributed by atoms with Gasteiger partial charge in [-0.3, -0.25) is 14.8 Å². The Hall–Kier alpha value is -2.75. The molecule has 1 amide bonds. The number of amides is 1. The van der Waals surface area contributed by atoms with E-state index < -0.39 is 0 Å². The van der Waals surface area contributed by atoms with E-state index >= 15 is 0 Å². The Balaban J connectivity index is 1.56. The summed E-state index contributed by atoms with van der Waals surface area (Å²) < 4.78 is 0. The number of aromatic nitrogens is 2. The van der Waals surface area contributed by atoms with Crippen molar-refractivity contribution in [1.29, 1.82) is 0 Å². The molecule has 0 bridgehead atoms. The maximum Gasteiger partial charge on any atom is 0.255 e. The van der Waals surface area contributed by atoms with Crippen LogP contribution in [-0.2, 0) is 0 Å². The highest BCUT2D eigenvalue weighted by atomic mass is 16.2. The molecule has 1 aromatic carbocycles. The fraction of sp³-hybridized carbons (Fsp3) is 0.250. The highest BCUT2D eigenvalue weighted by Crippen LogP contribution is 2.28. The van der Waals surface area contributed by atoms with Crippen molar-refractivity contribution in [2.24, 2.45) is 0 Å². The second-order valence-electron chi connectivity index (χ2n) is 6.29. The van der Waals surface area contributed by atoms with Gasteiger partial charge in [0.1, 0.15) is 0 Å². The van der Waals surface area contributed by atoms with E-state index in [1.807, 2.05) is 29.3 Å². The van der Waals surface area contributed by atoms with Crippen LogP contribution in [0, 0.1) is 0 Å². The van der Waals surface area contributed by atoms with Crippen LogP contribution in [-0.4, -0.2) is 33.9 Å². The van der Waals surface area contributed by atoms with E-state index in [1.165, 1.54) is 5.39 Å². The Morgan fingerprint density at radius 3 is 2.79 bits per heavy atom. The van der Waals surface area contributed by atoms with Gasteiger partial charge < -0.3 is 4.90 Å². The minimum Gasteiger partial charge on any atom is -0.338 e.